The maximum Gasteiger partial charge on any atom is 0.225 e. The molecule has 1 aromatic heterocycles. The van der Waals surface area contributed by atoms with Crippen molar-refractivity contribution in [2.75, 3.05) is 26.6 Å². The zero-order chi connectivity index (χ0) is 20.5. The fraction of sp³-hybridized carbons (Fsp3) is 0.227. The van der Waals surface area contributed by atoms with Crippen LogP contribution in [0.15, 0.2) is 41.8 Å². The molecule has 1 amide bonds. The highest BCUT2D eigenvalue weighted by atomic mass is 35.5. The molecule has 0 radical (unpaired) electrons. The van der Waals surface area contributed by atoms with E-state index in [-0.39, 0.29) is 11.8 Å². The minimum absolute atomic E-state index is 0.0343. The van der Waals surface area contributed by atoms with E-state index in [2.05, 4.69) is 10.7 Å². The van der Waals surface area contributed by atoms with Crippen LogP contribution in [0.2, 0.25) is 5.02 Å². The van der Waals surface area contributed by atoms with Gasteiger partial charge in [-0.15, -0.1) is 11.3 Å². The number of carbonyl (C=O) groups is 1. The maximum absolute atomic E-state index is 12.6. The first-order valence-corrected chi connectivity index (χ1v) is 10.3. The van der Waals surface area contributed by atoms with Gasteiger partial charge in [0.1, 0.15) is 5.75 Å². The molecule has 0 saturated carbocycles. The summed E-state index contributed by atoms with van der Waals surface area (Å²) in [5.74, 6) is 1.68. The van der Waals surface area contributed by atoms with Crippen LogP contribution in [0.3, 0.4) is 0 Å². The number of fused-ring (bicyclic) bond motifs is 1. The number of benzene rings is 2. The first-order valence-electron chi connectivity index (χ1n) is 9.02. The molecular formula is C22H20ClNO4S. The molecule has 0 saturated heterocycles. The van der Waals surface area contributed by atoms with Crippen molar-refractivity contribution in [3.8, 4) is 28.4 Å². The third-order valence-electron chi connectivity index (χ3n) is 5.06. The van der Waals surface area contributed by atoms with Gasteiger partial charge in [-0.3, -0.25) is 4.79 Å². The summed E-state index contributed by atoms with van der Waals surface area (Å²) < 4.78 is 16.5. The summed E-state index contributed by atoms with van der Waals surface area (Å²) in [6.07, 6.45) is 0.333. The Bertz CT molecular complexity index is 1060. The number of rotatable bonds is 5. The standard InChI is InChI=1S/C22H20ClNO4S/c1-26-17-10-19(28-3)18(27-2)8-14(17)15-9-20(25)24-21-16(11-29-22(15)21)12-4-6-13(23)7-5-12/h4-8,10-11,15H,9H2,1-3H3,(H,24,25)/t15-/m0/s1. The van der Waals surface area contributed by atoms with Crippen LogP contribution in [0.5, 0.6) is 17.2 Å². The number of thiophene rings is 1. The Morgan fingerprint density at radius 2 is 1.66 bits per heavy atom. The van der Waals surface area contributed by atoms with E-state index in [4.69, 9.17) is 25.8 Å². The first-order chi connectivity index (χ1) is 14.0. The van der Waals surface area contributed by atoms with Gasteiger partial charge in [0, 0.05) is 44.8 Å². The Labute approximate surface area is 178 Å². The number of carbonyl (C=O) groups excluding carboxylic acids is 1. The van der Waals surface area contributed by atoms with E-state index in [1.807, 2.05) is 30.3 Å². The van der Waals surface area contributed by atoms with Crippen LogP contribution in [0.1, 0.15) is 22.8 Å². The Morgan fingerprint density at radius 3 is 2.31 bits per heavy atom. The fourth-order valence-corrected chi connectivity index (χ4v) is 4.92. The number of hydrogen-bond donors (Lipinski definition) is 1. The van der Waals surface area contributed by atoms with Gasteiger partial charge in [-0.2, -0.15) is 0 Å². The van der Waals surface area contributed by atoms with Crippen LogP contribution < -0.4 is 19.5 Å². The highest BCUT2D eigenvalue weighted by Crippen LogP contribution is 2.50. The molecular weight excluding hydrogens is 410 g/mol. The van der Waals surface area contributed by atoms with E-state index in [1.165, 1.54) is 0 Å². The van der Waals surface area contributed by atoms with E-state index in [9.17, 15) is 4.79 Å². The summed E-state index contributed by atoms with van der Waals surface area (Å²) in [6, 6.07) is 11.3. The van der Waals surface area contributed by atoms with Crippen molar-refractivity contribution >= 4 is 34.5 Å². The normalized spacial score (nSPS) is 15.4. The van der Waals surface area contributed by atoms with Crippen molar-refractivity contribution in [2.24, 2.45) is 0 Å². The molecule has 1 atom stereocenters. The molecule has 0 fully saturated rings. The largest absolute Gasteiger partial charge is 0.496 e. The molecule has 1 aliphatic rings. The quantitative estimate of drug-likeness (QED) is 0.576. The highest BCUT2D eigenvalue weighted by molar-refractivity contribution is 7.11. The second-order valence-corrected chi connectivity index (χ2v) is 8.00. The number of amides is 1. The average Bonchev–Trinajstić information content (AvgIpc) is 3.16. The van der Waals surface area contributed by atoms with Crippen molar-refractivity contribution < 1.29 is 19.0 Å². The number of hydrogen-bond acceptors (Lipinski definition) is 5. The zero-order valence-electron chi connectivity index (χ0n) is 16.2. The van der Waals surface area contributed by atoms with Crippen LogP contribution in [0.25, 0.3) is 11.1 Å². The molecule has 0 bridgehead atoms. The molecule has 2 aromatic carbocycles. The lowest BCUT2D eigenvalue weighted by molar-refractivity contribution is -0.116. The molecule has 1 aliphatic heterocycles. The third kappa shape index (κ3) is 3.54. The molecule has 0 spiro atoms. The minimum atomic E-state index is -0.139. The number of anilines is 1. The molecule has 5 nitrogen and oxygen atoms in total. The lowest BCUT2D eigenvalue weighted by Gasteiger charge is -2.26. The van der Waals surface area contributed by atoms with Gasteiger partial charge in [-0.05, 0) is 23.8 Å². The van der Waals surface area contributed by atoms with E-state index in [0.29, 0.717) is 28.7 Å². The zero-order valence-corrected chi connectivity index (χ0v) is 17.8. The summed E-state index contributed by atoms with van der Waals surface area (Å²) in [4.78, 5) is 13.7. The van der Waals surface area contributed by atoms with Crippen molar-refractivity contribution in [1.82, 2.24) is 0 Å². The van der Waals surface area contributed by atoms with E-state index in [1.54, 1.807) is 38.7 Å². The molecule has 0 aliphatic carbocycles. The van der Waals surface area contributed by atoms with Crippen molar-refractivity contribution in [3.05, 3.63) is 57.2 Å². The average molecular weight is 430 g/mol. The fourth-order valence-electron chi connectivity index (χ4n) is 3.64. The second-order valence-electron chi connectivity index (χ2n) is 6.65. The summed E-state index contributed by atoms with van der Waals surface area (Å²) in [7, 11) is 4.79. The van der Waals surface area contributed by atoms with Crippen molar-refractivity contribution in [2.45, 2.75) is 12.3 Å². The molecule has 3 aromatic rings. The van der Waals surface area contributed by atoms with Crippen LogP contribution in [-0.2, 0) is 4.79 Å². The number of ether oxygens (including phenoxy) is 3. The third-order valence-corrected chi connectivity index (χ3v) is 6.40. The van der Waals surface area contributed by atoms with E-state index < -0.39 is 0 Å². The predicted molar refractivity (Wildman–Crippen MR) is 116 cm³/mol. The van der Waals surface area contributed by atoms with Crippen LogP contribution in [0, 0.1) is 0 Å². The highest BCUT2D eigenvalue weighted by Gasteiger charge is 2.33. The summed E-state index contributed by atoms with van der Waals surface area (Å²) in [5.41, 5.74) is 3.73. The molecule has 29 heavy (non-hydrogen) atoms. The lowest BCUT2D eigenvalue weighted by Crippen LogP contribution is -2.22. The topological polar surface area (TPSA) is 56.8 Å². The maximum atomic E-state index is 12.6. The van der Waals surface area contributed by atoms with Crippen LogP contribution in [0.4, 0.5) is 5.69 Å². The number of nitrogens with one attached hydrogen (secondary N) is 1. The molecule has 2 heterocycles. The molecule has 4 rings (SSSR count). The number of methoxy groups -OCH3 is 3. The first kappa shape index (κ1) is 19.6. The van der Waals surface area contributed by atoms with Crippen LogP contribution >= 0.6 is 22.9 Å². The van der Waals surface area contributed by atoms with Gasteiger partial charge in [0.05, 0.1) is 27.0 Å². The van der Waals surface area contributed by atoms with Gasteiger partial charge in [-0.1, -0.05) is 23.7 Å². The minimum Gasteiger partial charge on any atom is -0.496 e. The Hall–Kier alpha value is -2.70. The number of halogens is 1. The van der Waals surface area contributed by atoms with Gasteiger partial charge < -0.3 is 19.5 Å². The van der Waals surface area contributed by atoms with Crippen molar-refractivity contribution in [3.63, 3.8) is 0 Å². The predicted octanol–water partition coefficient (Wildman–Crippen LogP) is 5.57. The summed E-state index contributed by atoms with van der Waals surface area (Å²) >= 11 is 7.65. The SMILES string of the molecule is COc1cc(OC)c([C@@H]2CC(=O)Nc3c(-c4ccc(Cl)cc4)csc32)cc1OC. The Morgan fingerprint density at radius 1 is 1.00 bits per heavy atom. The summed E-state index contributed by atoms with van der Waals surface area (Å²) in [5, 5.41) is 5.80. The monoisotopic (exact) mass is 429 g/mol. The van der Waals surface area contributed by atoms with E-state index >= 15 is 0 Å². The van der Waals surface area contributed by atoms with E-state index in [0.717, 1.165) is 27.3 Å². The van der Waals surface area contributed by atoms with Crippen LogP contribution in [-0.4, -0.2) is 27.2 Å². The molecule has 150 valence electrons. The van der Waals surface area contributed by atoms with Gasteiger partial charge in [0.25, 0.3) is 0 Å². The van der Waals surface area contributed by atoms with Gasteiger partial charge in [-0.25, -0.2) is 0 Å². The van der Waals surface area contributed by atoms with Gasteiger partial charge in [0.2, 0.25) is 5.91 Å². The lowest BCUT2D eigenvalue weighted by atomic mass is 9.88. The summed E-state index contributed by atoms with van der Waals surface area (Å²) in [6.45, 7) is 0. The Kier molecular flexibility index (Phi) is 5.39. The molecule has 7 heteroatoms. The molecule has 1 N–H and O–H groups in total. The molecule has 0 unspecified atom stereocenters. The second kappa shape index (κ2) is 7.97. The van der Waals surface area contributed by atoms with Gasteiger partial charge >= 0.3 is 0 Å². The smallest absolute Gasteiger partial charge is 0.225 e. The Balaban J connectivity index is 1.84. The van der Waals surface area contributed by atoms with Gasteiger partial charge in [0.15, 0.2) is 11.5 Å². The van der Waals surface area contributed by atoms with Crippen molar-refractivity contribution in [1.29, 1.82) is 0 Å².